The fourth-order valence-corrected chi connectivity index (χ4v) is 3.24. The van der Waals surface area contributed by atoms with Crippen LogP contribution in [0.15, 0.2) is 53.7 Å². The average molecular weight is 370 g/mol. The molecule has 5 nitrogen and oxygen atoms in total. The van der Waals surface area contributed by atoms with Crippen LogP contribution in [-0.4, -0.2) is 18.4 Å². The van der Waals surface area contributed by atoms with Crippen molar-refractivity contribution < 1.29 is 17.2 Å². The van der Waals surface area contributed by atoms with E-state index >= 15 is 0 Å². The third kappa shape index (κ3) is 3.24. The van der Waals surface area contributed by atoms with E-state index in [-0.39, 0.29) is 27.0 Å². The zero-order chi connectivity index (χ0) is 17.3. The molecule has 0 bridgehead atoms. The van der Waals surface area contributed by atoms with Crippen LogP contribution in [0.1, 0.15) is 0 Å². The quantitative estimate of drug-likeness (QED) is 0.687. The molecule has 2 aromatic heterocycles. The van der Waals surface area contributed by atoms with Crippen LogP contribution in [0.2, 0.25) is 5.15 Å². The van der Waals surface area contributed by atoms with Gasteiger partial charge >= 0.3 is 0 Å². The highest BCUT2D eigenvalue weighted by atomic mass is 35.5. The lowest BCUT2D eigenvalue weighted by Gasteiger charge is -2.07. The van der Waals surface area contributed by atoms with Crippen molar-refractivity contribution in [3.63, 3.8) is 0 Å². The van der Waals surface area contributed by atoms with Gasteiger partial charge in [0, 0.05) is 23.5 Å². The summed E-state index contributed by atoms with van der Waals surface area (Å²) >= 11 is 5.52. The van der Waals surface area contributed by atoms with E-state index < -0.39 is 21.7 Å². The minimum absolute atomic E-state index is 0.0982. The number of rotatable bonds is 4. The Hall–Kier alpha value is -2.45. The van der Waals surface area contributed by atoms with Gasteiger partial charge in [-0.2, -0.15) is 0 Å². The minimum Gasteiger partial charge on any atom is -0.360 e. The van der Waals surface area contributed by atoms with Gasteiger partial charge in [0.1, 0.15) is 21.6 Å². The maximum atomic E-state index is 13.8. The second kappa shape index (κ2) is 6.21. The molecule has 3 rings (SSSR count). The fraction of sp³-hybridized carbons (Fsp3) is 0. The molecule has 0 spiro atoms. The van der Waals surface area contributed by atoms with Crippen molar-refractivity contribution in [3.8, 4) is 11.3 Å². The Kier molecular flexibility index (Phi) is 4.25. The van der Waals surface area contributed by atoms with E-state index in [2.05, 4.69) is 14.7 Å². The highest BCUT2D eigenvalue weighted by Gasteiger charge is 2.19. The summed E-state index contributed by atoms with van der Waals surface area (Å²) in [5, 5.41) is -0.0982. The summed E-state index contributed by atoms with van der Waals surface area (Å²) in [7, 11) is -4.08. The summed E-state index contributed by atoms with van der Waals surface area (Å²) < 4.78 is 54.2. The number of aromatic amines is 1. The molecule has 2 heterocycles. The highest BCUT2D eigenvalue weighted by molar-refractivity contribution is 7.92. The van der Waals surface area contributed by atoms with Crippen LogP contribution in [0.5, 0.6) is 0 Å². The molecule has 1 aromatic carbocycles. The van der Waals surface area contributed by atoms with Gasteiger partial charge in [0.15, 0.2) is 5.82 Å². The molecule has 0 amide bonds. The van der Waals surface area contributed by atoms with Crippen molar-refractivity contribution in [3.05, 3.63) is 65.6 Å². The van der Waals surface area contributed by atoms with Gasteiger partial charge in [0.05, 0.1) is 6.20 Å². The number of H-pyrrole nitrogens is 1. The summed E-state index contributed by atoms with van der Waals surface area (Å²) in [6, 6.07) is 8.06. The molecule has 0 saturated carbocycles. The van der Waals surface area contributed by atoms with Crippen molar-refractivity contribution in [2.45, 2.75) is 4.90 Å². The Labute approximate surface area is 141 Å². The summed E-state index contributed by atoms with van der Waals surface area (Å²) in [5.41, 5.74) is 0.162. The van der Waals surface area contributed by atoms with Gasteiger partial charge < -0.3 is 4.98 Å². The van der Waals surface area contributed by atoms with E-state index in [4.69, 9.17) is 11.6 Å². The Morgan fingerprint density at radius 1 is 1.12 bits per heavy atom. The maximum Gasteiger partial charge on any atom is 0.263 e. The van der Waals surface area contributed by atoms with Gasteiger partial charge in [-0.05, 0) is 18.2 Å². The molecular weight excluding hydrogens is 360 g/mol. The van der Waals surface area contributed by atoms with Crippen LogP contribution in [0.4, 0.5) is 14.5 Å². The first kappa shape index (κ1) is 16.4. The molecular formula is C15H10ClF2N3O2S. The zero-order valence-corrected chi connectivity index (χ0v) is 13.5. The lowest BCUT2D eigenvalue weighted by molar-refractivity contribution is 0.598. The second-order valence-corrected chi connectivity index (χ2v) is 6.89. The van der Waals surface area contributed by atoms with Crippen LogP contribution < -0.4 is 4.72 Å². The first-order valence-corrected chi connectivity index (χ1v) is 8.50. The molecule has 0 aliphatic carbocycles. The van der Waals surface area contributed by atoms with Crippen LogP contribution in [0, 0.1) is 11.6 Å². The first-order valence-electron chi connectivity index (χ1n) is 6.64. The van der Waals surface area contributed by atoms with E-state index in [0.717, 1.165) is 12.3 Å². The summed E-state index contributed by atoms with van der Waals surface area (Å²) in [6.07, 6.45) is 2.16. The van der Waals surface area contributed by atoms with Gasteiger partial charge in [-0.25, -0.2) is 22.2 Å². The number of nitrogens with zero attached hydrogens (tertiary/aromatic N) is 1. The summed E-state index contributed by atoms with van der Waals surface area (Å²) in [5.74, 6) is -1.35. The Morgan fingerprint density at radius 2 is 1.88 bits per heavy atom. The van der Waals surface area contributed by atoms with E-state index in [1.807, 2.05) is 0 Å². The highest BCUT2D eigenvalue weighted by Crippen LogP contribution is 2.26. The third-order valence-electron chi connectivity index (χ3n) is 3.20. The van der Waals surface area contributed by atoms with Crippen molar-refractivity contribution in [1.82, 2.24) is 9.97 Å². The standard InChI is InChI=1S/C15H10ClF2N3O2S/c16-15-6-12(18)14(8-20-15)21-24(22,23)9-5-13(19-7-9)10-3-1-2-4-11(10)17/h1-8,19,21H. The largest absolute Gasteiger partial charge is 0.360 e. The molecule has 2 N–H and O–H groups in total. The molecule has 0 saturated heterocycles. The van der Waals surface area contributed by atoms with Gasteiger partial charge in [0.2, 0.25) is 0 Å². The van der Waals surface area contributed by atoms with Crippen LogP contribution >= 0.6 is 11.6 Å². The van der Waals surface area contributed by atoms with Crippen LogP contribution in [-0.2, 0) is 10.0 Å². The number of hydrogen-bond donors (Lipinski definition) is 2. The van der Waals surface area contributed by atoms with Crippen molar-refractivity contribution >= 4 is 27.3 Å². The van der Waals surface area contributed by atoms with Crippen molar-refractivity contribution in [2.24, 2.45) is 0 Å². The van der Waals surface area contributed by atoms with Gasteiger partial charge in [-0.3, -0.25) is 4.72 Å². The van der Waals surface area contributed by atoms with Crippen LogP contribution in [0.25, 0.3) is 11.3 Å². The summed E-state index contributed by atoms with van der Waals surface area (Å²) in [6.45, 7) is 0. The smallest absolute Gasteiger partial charge is 0.263 e. The number of hydrogen-bond acceptors (Lipinski definition) is 3. The van der Waals surface area contributed by atoms with Gasteiger partial charge in [-0.1, -0.05) is 23.7 Å². The van der Waals surface area contributed by atoms with Crippen LogP contribution in [0.3, 0.4) is 0 Å². The van der Waals surface area contributed by atoms with E-state index in [1.165, 1.54) is 30.5 Å². The molecule has 0 unspecified atom stereocenters. The molecule has 3 aromatic rings. The molecule has 0 fully saturated rings. The number of halogens is 3. The topological polar surface area (TPSA) is 74.8 Å². The predicted molar refractivity (Wildman–Crippen MR) is 86.2 cm³/mol. The normalized spacial score (nSPS) is 11.5. The van der Waals surface area contributed by atoms with E-state index in [9.17, 15) is 17.2 Å². The number of aromatic nitrogens is 2. The molecule has 24 heavy (non-hydrogen) atoms. The fourth-order valence-electron chi connectivity index (χ4n) is 2.05. The first-order chi connectivity index (χ1) is 11.4. The molecule has 0 aliphatic heterocycles. The summed E-state index contributed by atoms with van der Waals surface area (Å²) in [4.78, 5) is 6.14. The number of nitrogens with one attached hydrogen (secondary N) is 2. The zero-order valence-electron chi connectivity index (χ0n) is 11.9. The minimum atomic E-state index is -4.08. The monoisotopic (exact) mass is 369 g/mol. The molecule has 124 valence electrons. The molecule has 0 atom stereocenters. The Balaban J connectivity index is 1.92. The number of sulfonamides is 1. The average Bonchev–Trinajstić information content (AvgIpc) is 3.01. The number of anilines is 1. The van der Waals surface area contributed by atoms with E-state index in [0.29, 0.717) is 0 Å². The maximum absolute atomic E-state index is 13.8. The SMILES string of the molecule is O=S(=O)(Nc1cnc(Cl)cc1F)c1c[nH]c(-c2ccccc2F)c1. The number of benzene rings is 1. The second-order valence-electron chi connectivity index (χ2n) is 4.82. The lowest BCUT2D eigenvalue weighted by atomic mass is 10.1. The van der Waals surface area contributed by atoms with Crippen molar-refractivity contribution in [1.29, 1.82) is 0 Å². The van der Waals surface area contributed by atoms with Crippen molar-refractivity contribution in [2.75, 3.05) is 4.72 Å². The predicted octanol–water partition coefficient (Wildman–Crippen LogP) is 3.81. The molecule has 0 aliphatic rings. The molecule has 9 heteroatoms. The number of pyridine rings is 1. The van der Waals surface area contributed by atoms with E-state index in [1.54, 1.807) is 6.07 Å². The lowest BCUT2D eigenvalue weighted by Crippen LogP contribution is -2.13. The van der Waals surface area contributed by atoms with Gasteiger partial charge in [0.25, 0.3) is 10.0 Å². The molecule has 0 radical (unpaired) electrons. The third-order valence-corrected chi connectivity index (χ3v) is 4.75. The Morgan fingerprint density at radius 3 is 2.58 bits per heavy atom. The Bertz CT molecular complexity index is 1010. The van der Waals surface area contributed by atoms with Gasteiger partial charge in [-0.15, -0.1) is 0 Å².